The molecule has 31 heavy (non-hydrogen) atoms. The van der Waals surface area contributed by atoms with Gasteiger partial charge in [-0.05, 0) is 62.1 Å². The zero-order valence-electron chi connectivity index (χ0n) is 18.1. The van der Waals surface area contributed by atoms with E-state index < -0.39 is 0 Å². The molecule has 0 saturated heterocycles. The Balaban J connectivity index is 1.90. The summed E-state index contributed by atoms with van der Waals surface area (Å²) in [4.78, 5) is 10.4. The third-order valence-corrected chi connectivity index (χ3v) is 6.88. The second-order valence-corrected chi connectivity index (χ2v) is 9.07. The van der Waals surface area contributed by atoms with Gasteiger partial charge in [-0.15, -0.1) is 0 Å². The van der Waals surface area contributed by atoms with E-state index in [4.69, 9.17) is 9.97 Å². The molecule has 0 aliphatic rings. The van der Waals surface area contributed by atoms with Crippen LogP contribution in [-0.2, 0) is 0 Å². The van der Waals surface area contributed by atoms with Gasteiger partial charge in [0.2, 0.25) is 0 Å². The van der Waals surface area contributed by atoms with Gasteiger partial charge in [-0.3, -0.25) is 0 Å². The first-order valence-electron chi connectivity index (χ1n) is 10.5. The Labute approximate surface area is 191 Å². The van der Waals surface area contributed by atoms with Gasteiger partial charge in [0.15, 0.2) is 0 Å². The van der Waals surface area contributed by atoms with E-state index >= 15 is 0 Å². The molecule has 0 aliphatic heterocycles. The normalized spacial score (nSPS) is 11.4. The minimum atomic E-state index is 0.968. The van der Waals surface area contributed by atoms with Crippen molar-refractivity contribution in [2.75, 3.05) is 0 Å². The van der Waals surface area contributed by atoms with Crippen LogP contribution in [0.15, 0.2) is 71.2 Å². The number of halogens is 1. The summed E-state index contributed by atoms with van der Waals surface area (Å²) < 4.78 is 1.05. The highest BCUT2D eigenvalue weighted by atomic mass is 79.9. The zero-order chi connectivity index (χ0) is 21.7. The van der Waals surface area contributed by atoms with Gasteiger partial charge in [0.1, 0.15) is 0 Å². The van der Waals surface area contributed by atoms with Gasteiger partial charge in [-0.25, -0.2) is 9.97 Å². The second-order valence-electron chi connectivity index (χ2n) is 8.16. The smallest absolute Gasteiger partial charge is 0.0975 e. The monoisotopic (exact) mass is 466 g/mol. The molecule has 0 radical (unpaired) electrons. The predicted octanol–water partition coefficient (Wildman–Crippen LogP) is 8.11. The van der Waals surface area contributed by atoms with Gasteiger partial charge in [0.05, 0.1) is 22.4 Å². The van der Waals surface area contributed by atoms with Crippen LogP contribution >= 0.6 is 15.9 Å². The summed E-state index contributed by atoms with van der Waals surface area (Å²) in [6, 6.07) is 23.2. The van der Waals surface area contributed by atoms with Crippen LogP contribution in [0.5, 0.6) is 0 Å². The molecule has 5 rings (SSSR count). The molecule has 0 saturated carbocycles. The van der Waals surface area contributed by atoms with Crippen molar-refractivity contribution in [1.29, 1.82) is 0 Å². The summed E-state index contributed by atoms with van der Waals surface area (Å²) in [5.74, 6) is 0. The number of nitrogens with zero attached hydrogens (tertiary/aromatic N) is 2. The first kappa shape index (κ1) is 19.9. The van der Waals surface area contributed by atoms with Crippen molar-refractivity contribution in [1.82, 2.24) is 9.97 Å². The Bertz CT molecular complexity index is 1470. The zero-order valence-corrected chi connectivity index (χ0v) is 19.7. The number of hydrogen-bond donors (Lipinski definition) is 0. The quantitative estimate of drug-likeness (QED) is 0.245. The van der Waals surface area contributed by atoms with Crippen LogP contribution in [-0.4, -0.2) is 9.97 Å². The SMILES string of the molecule is Cc1c(-c2ccccc2)nc2c(ccc3c(C)c(C)c(-c4cccc(Br)c4)nc32)c1C. The van der Waals surface area contributed by atoms with Gasteiger partial charge in [0, 0.05) is 26.4 Å². The van der Waals surface area contributed by atoms with Crippen molar-refractivity contribution in [3.8, 4) is 22.5 Å². The summed E-state index contributed by atoms with van der Waals surface area (Å²) >= 11 is 3.60. The molecule has 3 aromatic carbocycles. The van der Waals surface area contributed by atoms with Crippen molar-refractivity contribution in [2.24, 2.45) is 0 Å². The first-order chi connectivity index (χ1) is 15.0. The topological polar surface area (TPSA) is 25.8 Å². The molecule has 0 amide bonds. The van der Waals surface area contributed by atoms with Gasteiger partial charge in [-0.2, -0.15) is 0 Å². The number of aryl methyl sites for hydroxylation is 2. The second kappa shape index (κ2) is 7.58. The molecule has 2 nitrogen and oxygen atoms in total. The van der Waals surface area contributed by atoms with Crippen molar-refractivity contribution in [2.45, 2.75) is 27.7 Å². The molecule has 2 heterocycles. The molecule has 0 spiro atoms. The number of hydrogen-bond acceptors (Lipinski definition) is 2. The molecule has 0 unspecified atom stereocenters. The fourth-order valence-corrected chi connectivity index (χ4v) is 4.75. The first-order valence-corrected chi connectivity index (χ1v) is 11.3. The Morgan fingerprint density at radius 1 is 0.548 bits per heavy atom. The highest BCUT2D eigenvalue weighted by Gasteiger charge is 2.17. The summed E-state index contributed by atoms with van der Waals surface area (Å²) in [7, 11) is 0. The fraction of sp³-hybridized carbons (Fsp3) is 0.143. The molecule has 0 N–H and O–H groups in total. The van der Waals surface area contributed by atoms with E-state index in [1.54, 1.807) is 0 Å². The Morgan fingerprint density at radius 3 is 1.61 bits per heavy atom. The third-order valence-electron chi connectivity index (χ3n) is 6.39. The van der Waals surface area contributed by atoms with Crippen LogP contribution in [0.1, 0.15) is 22.3 Å². The lowest BCUT2D eigenvalue weighted by molar-refractivity contribution is 1.25. The molecule has 0 bridgehead atoms. The average Bonchev–Trinajstić information content (AvgIpc) is 2.78. The number of aromatic nitrogens is 2. The molecule has 2 aromatic heterocycles. The maximum atomic E-state index is 5.20. The van der Waals surface area contributed by atoms with Crippen molar-refractivity contribution in [3.05, 3.63) is 93.5 Å². The molecule has 0 aliphatic carbocycles. The predicted molar refractivity (Wildman–Crippen MR) is 135 cm³/mol. The lowest BCUT2D eigenvalue weighted by Gasteiger charge is -2.16. The number of rotatable bonds is 2. The maximum absolute atomic E-state index is 5.20. The number of fused-ring (bicyclic) bond motifs is 3. The van der Waals surface area contributed by atoms with Crippen LogP contribution in [0.3, 0.4) is 0 Å². The largest absolute Gasteiger partial charge is 0.245 e. The van der Waals surface area contributed by atoms with Gasteiger partial charge >= 0.3 is 0 Å². The van der Waals surface area contributed by atoms with Crippen molar-refractivity contribution >= 4 is 37.7 Å². The highest BCUT2D eigenvalue weighted by Crippen LogP contribution is 2.36. The molecule has 0 atom stereocenters. The molecular formula is C28H23BrN2. The summed E-state index contributed by atoms with van der Waals surface area (Å²) in [6.45, 7) is 8.69. The van der Waals surface area contributed by atoms with E-state index in [-0.39, 0.29) is 0 Å². The van der Waals surface area contributed by atoms with E-state index in [1.165, 1.54) is 33.0 Å². The standard InChI is InChI=1S/C28H23BrN2/c1-16-18(3)25(20-9-6-5-7-10-20)30-27-23(16)13-14-24-17(2)19(4)26(31-28(24)27)21-11-8-12-22(29)15-21/h5-15H,1-4H3. The van der Waals surface area contributed by atoms with Crippen LogP contribution in [0, 0.1) is 27.7 Å². The van der Waals surface area contributed by atoms with E-state index in [2.05, 4.69) is 98.2 Å². The van der Waals surface area contributed by atoms with E-state index in [0.717, 1.165) is 38.0 Å². The maximum Gasteiger partial charge on any atom is 0.0975 e. The molecule has 0 fully saturated rings. The third kappa shape index (κ3) is 3.24. The van der Waals surface area contributed by atoms with Crippen LogP contribution in [0.4, 0.5) is 0 Å². The minimum absolute atomic E-state index is 0.968. The summed E-state index contributed by atoms with van der Waals surface area (Å²) in [6.07, 6.45) is 0. The van der Waals surface area contributed by atoms with E-state index in [0.29, 0.717) is 0 Å². The number of pyridine rings is 2. The molecule has 5 aromatic rings. The van der Waals surface area contributed by atoms with E-state index in [1.807, 2.05) is 12.1 Å². The molecule has 3 heteroatoms. The highest BCUT2D eigenvalue weighted by molar-refractivity contribution is 9.10. The summed E-state index contributed by atoms with van der Waals surface area (Å²) in [5.41, 5.74) is 11.2. The van der Waals surface area contributed by atoms with Crippen LogP contribution in [0.2, 0.25) is 0 Å². The van der Waals surface area contributed by atoms with E-state index in [9.17, 15) is 0 Å². The van der Waals surface area contributed by atoms with Crippen LogP contribution < -0.4 is 0 Å². The minimum Gasteiger partial charge on any atom is -0.245 e. The Kier molecular flexibility index (Phi) is 4.86. The van der Waals surface area contributed by atoms with Gasteiger partial charge in [-0.1, -0.05) is 70.5 Å². The Hall–Kier alpha value is -3.04. The lowest BCUT2D eigenvalue weighted by Crippen LogP contribution is -1.99. The van der Waals surface area contributed by atoms with Gasteiger partial charge in [0.25, 0.3) is 0 Å². The Morgan fingerprint density at radius 2 is 1.06 bits per heavy atom. The van der Waals surface area contributed by atoms with Gasteiger partial charge < -0.3 is 0 Å². The average molecular weight is 467 g/mol. The fourth-order valence-electron chi connectivity index (χ4n) is 4.36. The molecule has 152 valence electrons. The summed E-state index contributed by atoms with van der Waals surface area (Å²) in [5, 5.41) is 2.33. The van der Waals surface area contributed by atoms with Crippen LogP contribution in [0.25, 0.3) is 44.3 Å². The van der Waals surface area contributed by atoms with Crippen molar-refractivity contribution < 1.29 is 0 Å². The van der Waals surface area contributed by atoms with Crippen molar-refractivity contribution in [3.63, 3.8) is 0 Å². The molecular weight excluding hydrogens is 444 g/mol. The number of benzene rings is 3. The lowest BCUT2D eigenvalue weighted by atomic mass is 9.94.